The average Bonchev–Trinajstić information content (AvgIpc) is 2.54. The van der Waals surface area contributed by atoms with Crippen LogP contribution in [0.5, 0.6) is 0 Å². The molecule has 6 nitrogen and oxygen atoms in total. The van der Waals surface area contributed by atoms with E-state index in [0.29, 0.717) is 41.2 Å². The van der Waals surface area contributed by atoms with Crippen molar-refractivity contribution in [1.29, 1.82) is 0 Å². The molecule has 2 aromatic rings. The lowest BCUT2D eigenvalue weighted by molar-refractivity contribution is 0.115. The Bertz CT molecular complexity index is 726. The number of nitrogens with zero attached hydrogens (tertiary/aromatic N) is 2. The highest BCUT2D eigenvalue weighted by atomic mass is 35.5. The standard InChI is InChI=1S/C17H20Cl2N4O2/c1-11(2)25-17(24)22-8-3-7-20-16-21-9-6-15(23-16)13-5-4-12(18)10-14(13)19/h4-6,9-11H,3,7-8H2,1-2H3,(H,22,24)(H,20,21,23). The molecule has 0 fully saturated rings. The summed E-state index contributed by atoms with van der Waals surface area (Å²) in [6.45, 7) is 4.72. The van der Waals surface area contributed by atoms with Gasteiger partial charge >= 0.3 is 6.09 Å². The number of carbonyl (C=O) groups is 1. The molecule has 2 rings (SSSR count). The molecule has 0 atom stereocenters. The molecule has 0 radical (unpaired) electrons. The first-order chi connectivity index (χ1) is 12.0. The van der Waals surface area contributed by atoms with E-state index in [1.807, 2.05) is 6.07 Å². The van der Waals surface area contributed by atoms with Crippen LogP contribution in [0.15, 0.2) is 30.5 Å². The van der Waals surface area contributed by atoms with Gasteiger partial charge in [0.15, 0.2) is 0 Å². The minimum atomic E-state index is -0.411. The molecule has 0 spiro atoms. The lowest BCUT2D eigenvalue weighted by Crippen LogP contribution is -2.28. The maximum atomic E-state index is 11.3. The van der Waals surface area contributed by atoms with Gasteiger partial charge in [-0.3, -0.25) is 0 Å². The van der Waals surface area contributed by atoms with E-state index < -0.39 is 6.09 Å². The Morgan fingerprint density at radius 2 is 2.04 bits per heavy atom. The number of hydrogen-bond donors (Lipinski definition) is 2. The molecule has 0 aliphatic carbocycles. The average molecular weight is 383 g/mol. The largest absolute Gasteiger partial charge is 0.447 e. The zero-order chi connectivity index (χ0) is 18.2. The summed E-state index contributed by atoms with van der Waals surface area (Å²) in [5.74, 6) is 0.494. The van der Waals surface area contributed by atoms with Crippen LogP contribution in [0.4, 0.5) is 10.7 Å². The number of benzene rings is 1. The maximum absolute atomic E-state index is 11.3. The van der Waals surface area contributed by atoms with E-state index in [4.69, 9.17) is 27.9 Å². The summed E-state index contributed by atoms with van der Waals surface area (Å²) in [6.07, 6.45) is 1.83. The highest BCUT2D eigenvalue weighted by Gasteiger charge is 2.07. The van der Waals surface area contributed by atoms with Crippen molar-refractivity contribution in [1.82, 2.24) is 15.3 Å². The highest BCUT2D eigenvalue weighted by Crippen LogP contribution is 2.29. The highest BCUT2D eigenvalue weighted by molar-refractivity contribution is 6.36. The molecule has 0 aliphatic heterocycles. The quantitative estimate of drug-likeness (QED) is 0.694. The normalized spacial score (nSPS) is 10.6. The summed E-state index contributed by atoms with van der Waals surface area (Å²) in [5, 5.41) is 6.90. The van der Waals surface area contributed by atoms with Crippen molar-refractivity contribution >= 4 is 35.2 Å². The summed E-state index contributed by atoms with van der Waals surface area (Å²) in [5.41, 5.74) is 1.49. The number of amides is 1. The molecule has 0 saturated carbocycles. The van der Waals surface area contributed by atoms with Crippen LogP contribution in [0.1, 0.15) is 20.3 Å². The first-order valence-corrected chi connectivity index (χ1v) is 8.68. The number of anilines is 1. The Labute approximate surface area is 156 Å². The Morgan fingerprint density at radius 1 is 1.24 bits per heavy atom. The number of rotatable bonds is 7. The molecular formula is C17H20Cl2N4O2. The minimum absolute atomic E-state index is 0.131. The molecule has 134 valence electrons. The minimum Gasteiger partial charge on any atom is -0.447 e. The van der Waals surface area contributed by atoms with Crippen molar-refractivity contribution in [3.63, 3.8) is 0 Å². The van der Waals surface area contributed by atoms with Crippen LogP contribution < -0.4 is 10.6 Å². The number of ether oxygens (including phenoxy) is 1. The summed E-state index contributed by atoms with van der Waals surface area (Å²) in [4.78, 5) is 20.0. The second-order valence-electron chi connectivity index (χ2n) is 5.55. The third-order valence-electron chi connectivity index (χ3n) is 3.11. The van der Waals surface area contributed by atoms with Gasteiger partial charge in [-0.25, -0.2) is 14.8 Å². The van der Waals surface area contributed by atoms with Crippen LogP contribution in [0, 0.1) is 0 Å². The van der Waals surface area contributed by atoms with Gasteiger partial charge in [0.1, 0.15) is 0 Å². The third kappa shape index (κ3) is 6.40. The van der Waals surface area contributed by atoms with Crippen LogP contribution in [-0.2, 0) is 4.74 Å². The topological polar surface area (TPSA) is 76.1 Å². The van der Waals surface area contributed by atoms with Crippen LogP contribution in [-0.4, -0.2) is 35.3 Å². The molecule has 2 N–H and O–H groups in total. The number of hydrogen-bond acceptors (Lipinski definition) is 5. The number of halogens is 2. The second-order valence-corrected chi connectivity index (χ2v) is 6.39. The van der Waals surface area contributed by atoms with E-state index in [-0.39, 0.29) is 6.10 Å². The van der Waals surface area contributed by atoms with Gasteiger partial charge < -0.3 is 15.4 Å². The van der Waals surface area contributed by atoms with E-state index in [1.165, 1.54) is 0 Å². The summed E-state index contributed by atoms with van der Waals surface area (Å²) in [7, 11) is 0. The van der Waals surface area contributed by atoms with Crippen LogP contribution >= 0.6 is 23.2 Å². The first-order valence-electron chi connectivity index (χ1n) is 7.92. The molecule has 0 aliphatic rings. The fourth-order valence-corrected chi connectivity index (χ4v) is 2.53. The van der Waals surface area contributed by atoms with Crippen molar-refractivity contribution in [2.24, 2.45) is 0 Å². The molecule has 1 aromatic heterocycles. The number of nitrogens with one attached hydrogen (secondary N) is 2. The van der Waals surface area contributed by atoms with Gasteiger partial charge in [-0.05, 0) is 44.5 Å². The summed E-state index contributed by atoms with van der Waals surface area (Å²) >= 11 is 12.1. The molecule has 25 heavy (non-hydrogen) atoms. The van der Waals surface area contributed by atoms with Crippen LogP contribution in [0.3, 0.4) is 0 Å². The monoisotopic (exact) mass is 382 g/mol. The molecule has 1 heterocycles. The molecule has 1 amide bonds. The summed E-state index contributed by atoms with van der Waals surface area (Å²) in [6, 6.07) is 7.04. The lowest BCUT2D eigenvalue weighted by Gasteiger charge is -2.10. The lowest BCUT2D eigenvalue weighted by atomic mass is 10.1. The van der Waals surface area contributed by atoms with Crippen molar-refractivity contribution in [2.45, 2.75) is 26.4 Å². The van der Waals surface area contributed by atoms with Gasteiger partial charge in [-0.2, -0.15) is 0 Å². The molecule has 0 bridgehead atoms. The fourth-order valence-electron chi connectivity index (χ4n) is 2.03. The van der Waals surface area contributed by atoms with Gasteiger partial charge in [-0.1, -0.05) is 23.2 Å². The van der Waals surface area contributed by atoms with Gasteiger partial charge in [0, 0.05) is 29.9 Å². The maximum Gasteiger partial charge on any atom is 0.407 e. The Morgan fingerprint density at radius 3 is 2.76 bits per heavy atom. The molecule has 0 unspecified atom stereocenters. The number of carbonyl (C=O) groups excluding carboxylic acids is 1. The van der Waals surface area contributed by atoms with Crippen molar-refractivity contribution in [3.8, 4) is 11.3 Å². The third-order valence-corrected chi connectivity index (χ3v) is 3.66. The SMILES string of the molecule is CC(C)OC(=O)NCCCNc1nccc(-c2ccc(Cl)cc2Cl)n1. The van der Waals surface area contributed by atoms with Crippen molar-refractivity contribution in [3.05, 3.63) is 40.5 Å². The van der Waals surface area contributed by atoms with Gasteiger partial charge in [-0.15, -0.1) is 0 Å². The predicted octanol–water partition coefficient (Wildman–Crippen LogP) is 4.39. The Kier molecular flexibility index (Phi) is 7.28. The van der Waals surface area contributed by atoms with E-state index in [0.717, 1.165) is 5.56 Å². The number of aromatic nitrogens is 2. The smallest absolute Gasteiger partial charge is 0.407 e. The van der Waals surface area contributed by atoms with Crippen LogP contribution in [0.2, 0.25) is 10.0 Å². The van der Waals surface area contributed by atoms with Gasteiger partial charge in [0.2, 0.25) is 5.95 Å². The second kappa shape index (κ2) is 9.44. The Hall–Kier alpha value is -2.05. The molecule has 8 heteroatoms. The molecule has 0 saturated heterocycles. The van der Waals surface area contributed by atoms with Gasteiger partial charge in [0.25, 0.3) is 0 Å². The zero-order valence-corrected chi connectivity index (χ0v) is 15.6. The number of alkyl carbamates (subject to hydrolysis) is 1. The van der Waals surface area contributed by atoms with E-state index >= 15 is 0 Å². The van der Waals surface area contributed by atoms with Crippen LogP contribution in [0.25, 0.3) is 11.3 Å². The first kappa shape index (κ1) is 19.3. The van der Waals surface area contributed by atoms with Gasteiger partial charge in [0.05, 0.1) is 16.8 Å². The van der Waals surface area contributed by atoms with E-state index in [9.17, 15) is 4.79 Å². The van der Waals surface area contributed by atoms with Crippen molar-refractivity contribution < 1.29 is 9.53 Å². The predicted molar refractivity (Wildman–Crippen MR) is 100 cm³/mol. The van der Waals surface area contributed by atoms with Crippen molar-refractivity contribution in [2.75, 3.05) is 18.4 Å². The van der Waals surface area contributed by atoms with E-state index in [1.54, 1.807) is 38.2 Å². The summed E-state index contributed by atoms with van der Waals surface area (Å²) < 4.78 is 4.98. The van der Waals surface area contributed by atoms with E-state index in [2.05, 4.69) is 20.6 Å². The zero-order valence-electron chi connectivity index (χ0n) is 14.1. The molecular weight excluding hydrogens is 363 g/mol. The molecule has 1 aromatic carbocycles. The fraction of sp³-hybridized carbons (Fsp3) is 0.353. The Balaban J connectivity index is 1.85.